The van der Waals surface area contributed by atoms with Crippen molar-refractivity contribution in [3.05, 3.63) is 64.2 Å². The predicted octanol–water partition coefficient (Wildman–Crippen LogP) is 3.32. The molecule has 0 aromatic heterocycles. The molecule has 0 saturated carbocycles. The molecule has 3 N–H and O–H groups in total. The number of nitrogens with two attached hydrogens (primary N) is 1. The number of rotatable bonds is 4. The van der Waals surface area contributed by atoms with E-state index in [2.05, 4.69) is 5.16 Å². The standard InChI is InChI=1S/C15H15ClN2O2/c1-10-2-4-11(5-3-10)9-20-14-7-6-12(8-13(14)16)15(17)18-19/h2-8,19H,9H2,1H3,(H2,17,18). The third-order valence-corrected chi connectivity index (χ3v) is 3.15. The van der Waals surface area contributed by atoms with Crippen molar-refractivity contribution in [2.45, 2.75) is 13.5 Å². The first-order valence-corrected chi connectivity index (χ1v) is 6.43. The van der Waals surface area contributed by atoms with E-state index in [0.29, 0.717) is 22.9 Å². The van der Waals surface area contributed by atoms with Gasteiger partial charge < -0.3 is 15.7 Å². The summed E-state index contributed by atoms with van der Waals surface area (Å²) in [7, 11) is 0. The zero-order valence-corrected chi connectivity index (χ0v) is 11.8. The Morgan fingerprint density at radius 3 is 2.55 bits per heavy atom. The molecule has 0 bridgehead atoms. The Hall–Kier alpha value is -2.20. The lowest BCUT2D eigenvalue weighted by Crippen LogP contribution is -2.12. The van der Waals surface area contributed by atoms with Crippen LogP contribution in [-0.4, -0.2) is 11.0 Å². The zero-order chi connectivity index (χ0) is 14.5. The third-order valence-electron chi connectivity index (χ3n) is 2.85. The van der Waals surface area contributed by atoms with E-state index in [0.717, 1.165) is 5.56 Å². The Morgan fingerprint density at radius 1 is 1.25 bits per heavy atom. The van der Waals surface area contributed by atoms with Crippen molar-refractivity contribution >= 4 is 17.4 Å². The minimum atomic E-state index is 0.0111. The quantitative estimate of drug-likeness (QED) is 0.393. The van der Waals surface area contributed by atoms with Gasteiger partial charge in [-0.25, -0.2) is 0 Å². The lowest BCUT2D eigenvalue weighted by atomic mass is 10.1. The van der Waals surface area contributed by atoms with Gasteiger partial charge in [0, 0.05) is 5.56 Å². The van der Waals surface area contributed by atoms with Crippen LogP contribution in [0.5, 0.6) is 5.75 Å². The average molecular weight is 291 g/mol. The van der Waals surface area contributed by atoms with Crippen LogP contribution >= 0.6 is 11.6 Å². The molecule has 0 aliphatic heterocycles. The van der Waals surface area contributed by atoms with Crippen LogP contribution in [0.25, 0.3) is 0 Å². The van der Waals surface area contributed by atoms with Crippen LogP contribution in [0.1, 0.15) is 16.7 Å². The van der Waals surface area contributed by atoms with Gasteiger partial charge in [-0.3, -0.25) is 0 Å². The van der Waals surface area contributed by atoms with Gasteiger partial charge in [0.2, 0.25) is 0 Å². The Balaban J connectivity index is 2.08. The monoisotopic (exact) mass is 290 g/mol. The Morgan fingerprint density at radius 2 is 1.95 bits per heavy atom. The van der Waals surface area contributed by atoms with E-state index in [1.807, 2.05) is 31.2 Å². The van der Waals surface area contributed by atoms with Gasteiger partial charge in [-0.2, -0.15) is 0 Å². The van der Waals surface area contributed by atoms with Crippen molar-refractivity contribution in [2.24, 2.45) is 10.9 Å². The summed E-state index contributed by atoms with van der Waals surface area (Å²) in [5.41, 5.74) is 8.30. The molecular formula is C15H15ClN2O2. The van der Waals surface area contributed by atoms with Crippen LogP contribution in [0.3, 0.4) is 0 Å². The van der Waals surface area contributed by atoms with Gasteiger partial charge in [-0.05, 0) is 30.7 Å². The van der Waals surface area contributed by atoms with Crippen LogP contribution in [0.15, 0.2) is 47.6 Å². The number of benzene rings is 2. The number of ether oxygens (including phenoxy) is 1. The summed E-state index contributed by atoms with van der Waals surface area (Å²) in [5.74, 6) is 0.568. The average Bonchev–Trinajstić information content (AvgIpc) is 2.46. The summed E-state index contributed by atoms with van der Waals surface area (Å²) in [5, 5.41) is 12.0. The highest BCUT2D eigenvalue weighted by atomic mass is 35.5. The zero-order valence-electron chi connectivity index (χ0n) is 11.0. The van der Waals surface area contributed by atoms with E-state index in [4.69, 9.17) is 27.3 Å². The summed E-state index contributed by atoms with van der Waals surface area (Å²) in [6.45, 7) is 2.47. The normalized spacial score (nSPS) is 11.4. The highest BCUT2D eigenvalue weighted by Gasteiger charge is 2.06. The fourth-order valence-electron chi connectivity index (χ4n) is 1.68. The van der Waals surface area contributed by atoms with Crippen molar-refractivity contribution in [2.75, 3.05) is 0 Å². The summed E-state index contributed by atoms with van der Waals surface area (Å²) in [6.07, 6.45) is 0. The van der Waals surface area contributed by atoms with E-state index in [1.165, 1.54) is 5.56 Å². The molecule has 5 heteroatoms. The highest BCUT2D eigenvalue weighted by molar-refractivity contribution is 6.32. The molecule has 20 heavy (non-hydrogen) atoms. The van der Waals surface area contributed by atoms with Crippen LogP contribution in [0, 0.1) is 6.92 Å². The van der Waals surface area contributed by atoms with Gasteiger partial charge in [-0.1, -0.05) is 46.6 Å². The molecule has 0 radical (unpaired) electrons. The Labute approximate surface area is 122 Å². The lowest BCUT2D eigenvalue weighted by Gasteiger charge is -2.09. The first kappa shape index (κ1) is 14.2. The molecule has 0 fully saturated rings. The van der Waals surface area contributed by atoms with Gasteiger partial charge in [0.1, 0.15) is 12.4 Å². The van der Waals surface area contributed by atoms with E-state index in [1.54, 1.807) is 18.2 Å². The van der Waals surface area contributed by atoms with E-state index in [-0.39, 0.29) is 5.84 Å². The Kier molecular flexibility index (Phi) is 4.48. The van der Waals surface area contributed by atoms with Crippen molar-refractivity contribution in [3.8, 4) is 5.75 Å². The molecule has 4 nitrogen and oxygen atoms in total. The molecule has 0 aliphatic rings. The number of halogens is 1. The van der Waals surface area contributed by atoms with Gasteiger partial charge in [0.15, 0.2) is 5.84 Å². The second-order valence-electron chi connectivity index (χ2n) is 4.40. The van der Waals surface area contributed by atoms with Gasteiger partial charge >= 0.3 is 0 Å². The summed E-state index contributed by atoms with van der Waals surface area (Å²) in [6, 6.07) is 13.1. The topological polar surface area (TPSA) is 67.8 Å². The molecular weight excluding hydrogens is 276 g/mol. The molecule has 0 heterocycles. The molecule has 0 unspecified atom stereocenters. The molecule has 2 rings (SSSR count). The van der Waals surface area contributed by atoms with Crippen LogP contribution in [-0.2, 0) is 6.61 Å². The number of hydrogen-bond donors (Lipinski definition) is 2. The number of nitrogens with zero attached hydrogens (tertiary/aromatic N) is 1. The smallest absolute Gasteiger partial charge is 0.170 e. The lowest BCUT2D eigenvalue weighted by molar-refractivity contribution is 0.306. The van der Waals surface area contributed by atoms with Gasteiger partial charge in [-0.15, -0.1) is 0 Å². The fourth-order valence-corrected chi connectivity index (χ4v) is 1.92. The molecule has 0 aliphatic carbocycles. The van der Waals surface area contributed by atoms with E-state index < -0.39 is 0 Å². The number of aryl methyl sites for hydroxylation is 1. The highest BCUT2D eigenvalue weighted by Crippen LogP contribution is 2.26. The number of amidine groups is 1. The van der Waals surface area contributed by atoms with Crippen molar-refractivity contribution < 1.29 is 9.94 Å². The SMILES string of the molecule is Cc1ccc(COc2ccc(C(N)=NO)cc2Cl)cc1. The third kappa shape index (κ3) is 3.42. The molecule has 104 valence electrons. The van der Waals surface area contributed by atoms with Crippen LogP contribution in [0.2, 0.25) is 5.02 Å². The first-order valence-electron chi connectivity index (χ1n) is 6.06. The van der Waals surface area contributed by atoms with Crippen LogP contribution < -0.4 is 10.5 Å². The summed E-state index contributed by atoms with van der Waals surface area (Å²) < 4.78 is 5.66. The second kappa shape index (κ2) is 6.30. The fraction of sp³-hybridized carbons (Fsp3) is 0.133. The maximum atomic E-state index is 8.61. The second-order valence-corrected chi connectivity index (χ2v) is 4.81. The first-order chi connectivity index (χ1) is 9.60. The number of hydrogen-bond acceptors (Lipinski definition) is 3. The van der Waals surface area contributed by atoms with Crippen molar-refractivity contribution in [1.82, 2.24) is 0 Å². The van der Waals surface area contributed by atoms with Crippen molar-refractivity contribution in [1.29, 1.82) is 0 Å². The van der Waals surface area contributed by atoms with Crippen LogP contribution in [0.4, 0.5) is 0 Å². The minimum absolute atomic E-state index is 0.0111. The number of oxime groups is 1. The molecule has 2 aromatic rings. The maximum absolute atomic E-state index is 8.61. The molecule has 0 saturated heterocycles. The van der Waals surface area contributed by atoms with E-state index in [9.17, 15) is 0 Å². The molecule has 0 atom stereocenters. The molecule has 0 spiro atoms. The molecule has 2 aromatic carbocycles. The molecule has 0 amide bonds. The maximum Gasteiger partial charge on any atom is 0.170 e. The minimum Gasteiger partial charge on any atom is -0.487 e. The predicted molar refractivity (Wildman–Crippen MR) is 79.5 cm³/mol. The van der Waals surface area contributed by atoms with Crippen molar-refractivity contribution in [3.63, 3.8) is 0 Å². The largest absolute Gasteiger partial charge is 0.487 e. The summed E-state index contributed by atoms with van der Waals surface area (Å²) >= 11 is 6.10. The van der Waals surface area contributed by atoms with Gasteiger partial charge in [0.25, 0.3) is 0 Å². The summed E-state index contributed by atoms with van der Waals surface area (Å²) in [4.78, 5) is 0. The Bertz CT molecular complexity index is 624. The van der Waals surface area contributed by atoms with Gasteiger partial charge in [0.05, 0.1) is 5.02 Å². The van der Waals surface area contributed by atoms with E-state index >= 15 is 0 Å².